The highest BCUT2D eigenvalue weighted by Crippen LogP contribution is 2.36. The quantitative estimate of drug-likeness (QED) is 0.658. The van der Waals surface area contributed by atoms with E-state index in [-0.39, 0.29) is 6.04 Å². The van der Waals surface area contributed by atoms with E-state index < -0.39 is 5.66 Å². The number of hydrogen-bond acceptors (Lipinski definition) is 3. The molecule has 0 bridgehead atoms. The average Bonchev–Trinajstić information content (AvgIpc) is 2.71. The zero-order valence-corrected chi connectivity index (χ0v) is 13.2. The highest BCUT2D eigenvalue weighted by atomic mass is 35.5. The van der Waals surface area contributed by atoms with Crippen molar-refractivity contribution in [3.63, 3.8) is 0 Å². The van der Waals surface area contributed by atoms with Gasteiger partial charge in [-0.3, -0.25) is 5.21 Å². The fraction of sp³-hybridized carbons (Fsp3) is 0.235. The van der Waals surface area contributed by atoms with Gasteiger partial charge in [0.05, 0.1) is 0 Å². The molecule has 3 rings (SSSR count). The third-order valence-electron chi connectivity index (χ3n) is 4.31. The summed E-state index contributed by atoms with van der Waals surface area (Å²) < 4.78 is 1.14. The van der Waals surface area contributed by atoms with Crippen molar-refractivity contribution in [3.8, 4) is 0 Å². The number of rotatable bonds is 2. The fourth-order valence-electron chi connectivity index (χ4n) is 2.99. The maximum Gasteiger partial charge on any atom is 0.312 e. The third-order valence-corrected chi connectivity index (χ3v) is 4.56. The smallest absolute Gasteiger partial charge is 0.307 e. The van der Waals surface area contributed by atoms with E-state index in [9.17, 15) is 10.4 Å². The second kappa shape index (κ2) is 5.39. The number of nitrogens with zero attached hydrogens (tertiary/aromatic N) is 2. The zero-order chi connectivity index (χ0) is 15.9. The van der Waals surface area contributed by atoms with Gasteiger partial charge in [0.1, 0.15) is 6.04 Å². The van der Waals surface area contributed by atoms with Gasteiger partial charge in [0, 0.05) is 27.8 Å². The van der Waals surface area contributed by atoms with Crippen molar-refractivity contribution in [2.45, 2.75) is 25.6 Å². The monoisotopic (exact) mass is 317 g/mol. The van der Waals surface area contributed by atoms with Gasteiger partial charge in [-0.2, -0.15) is 0 Å². The van der Waals surface area contributed by atoms with Crippen molar-refractivity contribution >= 4 is 17.3 Å². The van der Waals surface area contributed by atoms with Crippen molar-refractivity contribution in [1.82, 2.24) is 5.06 Å². The summed E-state index contributed by atoms with van der Waals surface area (Å²) in [6, 6.07) is 16.3. The molecule has 1 aliphatic heterocycles. The fourth-order valence-corrected chi connectivity index (χ4v) is 3.12. The molecule has 0 aromatic heterocycles. The Kier molecular flexibility index (Phi) is 3.68. The van der Waals surface area contributed by atoms with Crippen LogP contribution in [0.5, 0.6) is 0 Å². The molecular weight excluding hydrogens is 300 g/mol. The van der Waals surface area contributed by atoms with Gasteiger partial charge in [0.2, 0.25) is 0 Å². The molecule has 2 unspecified atom stereocenters. The molecule has 0 aliphatic carbocycles. The van der Waals surface area contributed by atoms with Gasteiger partial charge >= 0.3 is 5.66 Å². The molecule has 2 atom stereocenters. The van der Waals surface area contributed by atoms with Crippen LogP contribution in [0, 0.1) is 0 Å². The molecule has 0 spiro atoms. The lowest BCUT2D eigenvalue weighted by Gasteiger charge is -2.25. The van der Waals surface area contributed by atoms with Gasteiger partial charge in [-0.15, -0.1) is 5.06 Å². The van der Waals surface area contributed by atoms with Crippen LogP contribution in [0.2, 0.25) is 5.02 Å². The van der Waals surface area contributed by atoms with Gasteiger partial charge in [0.25, 0.3) is 5.71 Å². The molecule has 4 nitrogen and oxygen atoms in total. The van der Waals surface area contributed by atoms with Crippen molar-refractivity contribution in [1.29, 1.82) is 0 Å². The van der Waals surface area contributed by atoms with E-state index in [1.807, 2.05) is 37.3 Å². The maximum absolute atomic E-state index is 10.8. The Morgan fingerprint density at radius 2 is 1.68 bits per heavy atom. The van der Waals surface area contributed by atoms with Gasteiger partial charge in [0.15, 0.2) is 0 Å². The standard InChI is InChI=1S/C17H18ClN2O2/c1-12-16(13-6-4-3-5-7-13)20(22)17(2,19(12)21)14-8-10-15(18)11-9-14/h3-12,21-22H,1-2H3/q+1. The Morgan fingerprint density at radius 3 is 2.27 bits per heavy atom. The molecule has 5 heteroatoms. The summed E-state index contributed by atoms with van der Waals surface area (Å²) in [5, 5.41) is 23.2. The van der Waals surface area contributed by atoms with Gasteiger partial charge in [-0.1, -0.05) is 29.8 Å². The molecule has 114 valence electrons. The first-order valence-electron chi connectivity index (χ1n) is 7.12. The van der Waals surface area contributed by atoms with Crippen LogP contribution in [-0.2, 0) is 5.66 Å². The number of benzene rings is 2. The van der Waals surface area contributed by atoms with Crippen LogP contribution in [-0.4, -0.2) is 32.0 Å². The summed E-state index contributed by atoms with van der Waals surface area (Å²) >= 11 is 5.93. The lowest BCUT2D eigenvalue weighted by Crippen LogP contribution is -2.46. The highest BCUT2D eigenvalue weighted by Gasteiger charge is 2.58. The van der Waals surface area contributed by atoms with Crippen LogP contribution in [0.3, 0.4) is 0 Å². The summed E-state index contributed by atoms with van der Waals surface area (Å²) in [7, 11) is 0. The van der Waals surface area contributed by atoms with E-state index in [0.29, 0.717) is 10.7 Å². The second-order valence-corrected chi connectivity index (χ2v) is 6.05. The Balaban J connectivity index is 2.16. The molecule has 1 aliphatic rings. The van der Waals surface area contributed by atoms with E-state index in [2.05, 4.69) is 0 Å². The van der Waals surface area contributed by atoms with Crippen molar-refractivity contribution in [2.24, 2.45) is 0 Å². The molecule has 0 saturated heterocycles. The largest absolute Gasteiger partial charge is 0.312 e. The number of hydrogen-bond donors (Lipinski definition) is 2. The van der Waals surface area contributed by atoms with E-state index in [0.717, 1.165) is 15.9 Å². The topological polar surface area (TPSA) is 46.7 Å². The minimum Gasteiger partial charge on any atom is -0.307 e. The predicted molar refractivity (Wildman–Crippen MR) is 84.5 cm³/mol. The molecular formula is C17H18ClN2O2+. The lowest BCUT2D eigenvalue weighted by molar-refractivity contribution is -0.846. The maximum atomic E-state index is 10.8. The van der Waals surface area contributed by atoms with Crippen LogP contribution in [0.25, 0.3) is 0 Å². The Bertz CT molecular complexity index is 715. The van der Waals surface area contributed by atoms with Crippen LogP contribution in [0.4, 0.5) is 0 Å². The predicted octanol–water partition coefficient (Wildman–Crippen LogP) is 3.50. The first-order valence-corrected chi connectivity index (χ1v) is 7.49. The molecule has 1 heterocycles. The van der Waals surface area contributed by atoms with E-state index in [1.54, 1.807) is 31.2 Å². The molecule has 0 fully saturated rings. The molecule has 2 N–H and O–H groups in total. The van der Waals surface area contributed by atoms with Gasteiger partial charge in [-0.25, -0.2) is 0 Å². The van der Waals surface area contributed by atoms with Crippen LogP contribution in [0.1, 0.15) is 25.0 Å². The minimum absolute atomic E-state index is 0.354. The van der Waals surface area contributed by atoms with Crippen molar-refractivity contribution < 1.29 is 15.2 Å². The molecule has 2 aromatic rings. The molecule has 0 saturated carbocycles. The molecule has 2 aromatic carbocycles. The number of halogens is 1. The summed E-state index contributed by atoms with van der Waals surface area (Å²) in [4.78, 5) is 0. The highest BCUT2D eigenvalue weighted by molar-refractivity contribution is 6.30. The molecule has 22 heavy (non-hydrogen) atoms. The van der Waals surface area contributed by atoms with Crippen LogP contribution >= 0.6 is 11.6 Å². The van der Waals surface area contributed by atoms with Crippen molar-refractivity contribution in [2.75, 3.05) is 0 Å². The third kappa shape index (κ3) is 2.11. The van der Waals surface area contributed by atoms with E-state index in [4.69, 9.17) is 11.6 Å². The normalized spacial score (nSPS) is 25.7. The van der Waals surface area contributed by atoms with E-state index in [1.165, 1.54) is 5.06 Å². The Labute approximate surface area is 134 Å². The lowest BCUT2D eigenvalue weighted by atomic mass is 10.0. The van der Waals surface area contributed by atoms with Crippen molar-refractivity contribution in [3.05, 3.63) is 70.7 Å². The zero-order valence-electron chi connectivity index (χ0n) is 12.4. The Hall–Kier alpha value is -1.88. The van der Waals surface area contributed by atoms with Crippen LogP contribution in [0.15, 0.2) is 54.6 Å². The SMILES string of the molecule is CC1C(c2ccccc2)=[N+](O)C(C)(c2ccc(Cl)cc2)N1O. The Morgan fingerprint density at radius 1 is 1.09 bits per heavy atom. The molecule has 0 amide bonds. The summed E-state index contributed by atoms with van der Waals surface area (Å²) in [6.45, 7) is 3.62. The first kappa shape index (κ1) is 15.0. The van der Waals surface area contributed by atoms with Gasteiger partial charge < -0.3 is 5.21 Å². The van der Waals surface area contributed by atoms with Crippen LogP contribution < -0.4 is 0 Å². The first-order chi connectivity index (χ1) is 10.5. The summed E-state index contributed by atoms with van der Waals surface area (Å²) in [5.74, 6) is 0. The second-order valence-electron chi connectivity index (χ2n) is 5.61. The minimum atomic E-state index is -1.07. The van der Waals surface area contributed by atoms with E-state index >= 15 is 0 Å². The average molecular weight is 318 g/mol. The number of hydroxylamine groups is 3. The van der Waals surface area contributed by atoms with Gasteiger partial charge in [-0.05, 0) is 43.3 Å². The summed E-state index contributed by atoms with van der Waals surface area (Å²) in [5.41, 5.74) is 1.20. The molecule has 0 radical (unpaired) electrons. The summed E-state index contributed by atoms with van der Waals surface area (Å²) in [6.07, 6.45) is 0.